The summed E-state index contributed by atoms with van der Waals surface area (Å²) in [6, 6.07) is 7.54. The number of nitrogens with zero attached hydrogens (tertiary/aromatic N) is 1. The van der Waals surface area contributed by atoms with Crippen molar-refractivity contribution >= 4 is 21.0 Å². The second-order valence-corrected chi connectivity index (χ2v) is 7.63. The molecule has 1 aromatic carbocycles. The van der Waals surface area contributed by atoms with Crippen molar-refractivity contribution in [3.05, 3.63) is 35.0 Å². The Kier molecular flexibility index (Phi) is 4.01. The molecule has 0 fully saturated rings. The van der Waals surface area contributed by atoms with Gasteiger partial charge < -0.3 is 9.88 Å². The van der Waals surface area contributed by atoms with E-state index < -0.39 is 10.1 Å². The van der Waals surface area contributed by atoms with E-state index in [1.165, 1.54) is 35.7 Å². The van der Waals surface area contributed by atoms with E-state index in [1.807, 2.05) is 0 Å². The quantitative estimate of drug-likeness (QED) is 0.731. The summed E-state index contributed by atoms with van der Waals surface area (Å²) in [5, 5.41) is 5.18. The molecule has 22 heavy (non-hydrogen) atoms. The van der Waals surface area contributed by atoms with Gasteiger partial charge in [0.05, 0.1) is 6.26 Å². The third-order valence-electron chi connectivity index (χ3n) is 4.34. The van der Waals surface area contributed by atoms with Crippen LogP contribution >= 0.6 is 0 Å². The molecule has 1 atom stereocenters. The van der Waals surface area contributed by atoms with Gasteiger partial charge in [0.1, 0.15) is 0 Å². The van der Waals surface area contributed by atoms with E-state index in [0.717, 1.165) is 13.1 Å². The molecule has 1 aliphatic carbocycles. The molecule has 0 amide bonds. The maximum Gasteiger partial charge on any atom is 0.261 e. The first kappa shape index (κ1) is 15.5. The van der Waals surface area contributed by atoms with Crippen LogP contribution in [0.15, 0.2) is 18.2 Å². The molecule has 2 N–H and O–H groups in total. The molecule has 4 rings (SSSR count). The summed E-state index contributed by atoms with van der Waals surface area (Å²) < 4.78 is 28.4. The molecule has 0 bridgehead atoms. The van der Waals surface area contributed by atoms with Gasteiger partial charge in [0.15, 0.2) is 0 Å². The lowest BCUT2D eigenvalue weighted by atomic mass is 9.90. The predicted molar refractivity (Wildman–Crippen MR) is 87.8 cm³/mol. The summed E-state index contributed by atoms with van der Waals surface area (Å²) >= 11 is 0. The minimum atomic E-state index is -3.67. The number of hydrogen-bond donors (Lipinski definition) is 2. The zero-order valence-electron chi connectivity index (χ0n) is 13.0. The standard InChI is InChI=1S/C15H18N2.CH4O3S/c1-10-5-6-14-12(9-10)11-3-2-4-13-15(11)17(14)8-7-16-13;1-5(2,3)4/h5-6,9,13,16H,2-4,7-8H2,1H3;1H3,(H,2,3,4). The van der Waals surface area contributed by atoms with E-state index in [4.69, 9.17) is 4.55 Å². The molecular weight excluding hydrogens is 300 g/mol. The highest BCUT2D eigenvalue weighted by molar-refractivity contribution is 7.85. The van der Waals surface area contributed by atoms with E-state index >= 15 is 0 Å². The summed E-state index contributed by atoms with van der Waals surface area (Å²) in [6.07, 6.45) is 4.62. The van der Waals surface area contributed by atoms with E-state index in [1.54, 1.807) is 11.3 Å². The Morgan fingerprint density at radius 1 is 1.36 bits per heavy atom. The second-order valence-electron chi connectivity index (χ2n) is 6.17. The largest absolute Gasteiger partial charge is 0.342 e. The lowest BCUT2D eigenvalue weighted by Crippen LogP contribution is -2.35. The van der Waals surface area contributed by atoms with E-state index in [9.17, 15) is 8.42 Å². The van der Waals surface area contributed by atoms with Crippen LogP contribution in [0, 0.1) is 6.92 Å². The van der Waals surface area contributed by atoms with Gasteiger partial charge in [-0.05, 0) is 43.9 Å². The molecule has 120 valence electrons. The van der Waals surface area contributed by atoms with Crippen molar-refractivity contribution in [3.8, 4) is 0 Å². The number of rotatable bonds is 0. The number of hydrogen-bond acceptors (Lipinski definition) is 3. The summed E-state index contributed by atoms with van der Waals surface area (Å²) in [5.41, 5.74) is 6.04. The molecule has 0 radical (unpaired) electrons. The van der Waals surface area contributed by atoms with Crippen LogP contribution in [-0.2, 0) is 23.1 Å². The average Bonchev–Trinajstić information content (AvgIpc) is 2.74. The molecule has 1 aromatic heterocycles. The molecule has 2 aliphatic rings. The van der Waals surface area contributed by atoms with E-state index in [2.05, 4.69) is 35.0 Å². The zero-order chi connectivity index (χ0) is 15.9. The van der Waals surface area contributed by atoms with E-state index in [-0.39, 0.29) is 0 Å². The number of fused-ring (bicyclic) bond motifs is 3. The van der Waals surface area contributed by atoms with Crippen LogP contribution in [0.3, 0.4) is 0 Å². The maximum absolute atomic E-state index is 9.19. The normalized spacial score (nSPS) is 20.2. The smallest absolute Gasteiger partial charge is 0.261 e. The molecule has 0 saturated carbocycles. The maximum atomic E-state index is 9.19. The highest BCUT2D eigenvalue weighted by Crippen LogP contribution is 2.39. The van der Waals surface area contributed by atoms with Crippen LogP contribution in [0.2, 0.25) is 0 Å². The van der Waals surface area contributed by atoms with Crippen molar-refractivity contribution in [1.29, 1.82) is 0 Å². The van der Waals surface area contributed by atoms with Crippen LogP contribution in [0.5, 0.6) is 0 Å². The highest BCUT2D eigenvalue weighted by atomic mass is 32.2. The fraction of sp³-hybridized carbons (Fsp3) is 0.500. The Balaban J connectivity index is 0.000000254. The van der Waals surface area contributed by atoms with Crippen LogP contribution in [0.4, 0.5) is 0 Å². The molecule has 0 spiro atoms. The first-order chi connectivity index (χ1) is 10.3. The minimum Gasteiger partial charge on any atom is -0.342 e. The summed E-state index contributed by atoms with van der Waals surface area (Å²) in [5.74, 6) is 0. The molecular formula is C16H22N2O3S. The van der Waals surface area contributed by atoms with Crippen molar-refractivity contribution < 1.29 is 13.0 Å². The van der Waals surface area contributed by atoms with E-state index in [0.29, 0.717) is 12.3 Å². The van der Waals surface area contributed by atoms with Gasteiger partial charge in [-0.25, -0.2) is 0 Å². The third kappa shape index (κ3) is 3.04. The summed E-state index contributed by atoms with van der Waals surface area (Å²) in [7, 11) is -3.67. The fourth-order valence-electron chi connectivity index (χ4n) is 3.63. The molecule has 0 saturated heterocycles. The van der Waals surface area contributed by atoms with Crippen LogP contribution in [0.1, 0.15) is 35.7 Å². The van der Waals surface area contributed by atoms with Crippen molar-refractivity contribution in [2.45, 2.75) is 38.8 Å². The van der Waals surface area contributed by atoms with Gasteiger partial charge >= 0.3 is 0 Å². The van der Waals surface area contributed by atoms with Crippen molar-refractivity contribution in [2.75, 3.05) is 12.8 Å². The second kappa shape index (κ2) is 5.68. The van der Waals surface area contributed by atoms with Gasteiger partial charge in [-0.1, -0.05) is 11.6 Å². The van der Waals surface area contributed by atoms with Crippen LogP contribution < -0.4 is 5.32 Å². The number of aryl methyl sites for hydroxylation is 2. The molecule has 1 aliphatic heterocycles. The van der Waals surface area contributed by atoms with Crippen molar-refractivity contribution in [3.63, 3.8) is 0 Å². The highest BCUT2D eigenvalue weighted by Gasteiger charge is 2.29. The number of aromatic nitrogens is 1. The SMILES string of the molecule is CS(=O)(=O)O.Cc1ccc2c(c1)c1c3n2CCNC3CCC1. The monoisotopic (exact) mass is 322 g/mol. The van der Waals surface area contributed by atoms with Gasteiger partial charge in [-0.3, -0.25) is 4.55 Å². The van der Waals surface area contributed by atoms with Gasteiger partial charge in [0.2, 0.25) is 0 Å². The van der Waals surface area contributed by atoms with Gasteiger partial charge in [-0.15, -0.1) is 0 Å². The minimum absolute atomic E-state index is 0.611. The first-order valence-corrected chi connectivity index (χ1v) is 9.47. The molecule has 1 unspecified atom stereocenters. The topological polar surface area (TPSA) is 71.3 Å². The van der Waals surface area contributed by atoms with Crippen LogP contribution in [-0.4, -0.2) is 30.3 Å². The van der Waals surface area contributed by atoms with Crippen molar-refractivity contribution in [2.24, 2.45) is 0 Å². The molecule has 2 heterocycles. The lowest BCUT2D eigenvalue weighted by Gasteiger charge is -2.31. The Labute approximate surface area is 131 Å². The Hall–Kier alpha value is -1.37. The van der Waals surface area contributed by atoms with Gasteiger partial charge in [-0.2, -0.15) is 8.42 Å². The summed E-state index contributed by atoms with van der Waals surface area (Å²) in [4.78, 5) is 0. The number of nitrogens with one attached hydrogen (secondary N) is 1. The molecule has 2 aromatic rings. The zero-order valence-corrected chi connectivity index (χ0v) is 13.8. The predicted octanol–water partition coefficient (Wildman–Crippen LogP) is 2.43. The average molecular weight is 322 g/mol. The first-order valence-electron chi connectivity index (χ1n) is 7.62. The van der Waals surface area contributed by atoms with Gasteiger partial charge in [0.25, 0.3) is 10.1 Å². The Morgan fingerprint density at radius 2 is 2.09 bits per heavy atom. The van der Waals surface area contributed by atoms with Crippen molar-refractivity contribution in [1.82, 2.24) is 9.88 Å². The fourth-order valence-corrected chi connectivity index (χ4v) is 3.63. The third-order valence-corrected chi connectivity index (χ3v) is 4.34. The number of benzene rings is 1. The summed E-state index contributed by atoms with van der Waals surface area (Å²) in [6.45, 7) is 4.45. The van der Waals surface area contributed by atoms with Gasteiger partial charge in [0, 0.05) is 35.7 Å². The molecule has 5 nitrogen and oxygen atoms in total. The lowest BCUT2D eigenvalue weighted by molar-refractivity contribution is 0.384. The Morgan fingerprint density at radius 3 is 2.82 bits per heavy atom. The van der Waals surface area contributed by atoms with Crippen LogP contribution in [0.25, 0.3) is 10.9 Å². The Bertz CT molecular complexity index is 798. The molecule has 6 heteroatoms.